The summed E-state index contributed by atoms with van der Waals surface area (Å²) in [6, 6.07) is 8.24. The lowest BCUT2D eigenvalue weighted by Gasteiger charge is -2.28. The molecule has 0 amide bonds. The van der Waals surface area contributed by atoms with Gasteiger partial charge < -0.3 is 4.74 Å². The molecule has 0 radical (unpaired) electrons. The molecule has 0 N–H and O–H groups in total. The zero-order chi connectivity index (χ0) is 16.6. The van der Waals surface area contributed by atoms with Crippen LogP contribution in [0.2, 0.25) is 0 Å². The lowest BCUT2D eigenvalue weighted by Crippen LogP contribution is -2.24. The standard InChI is InChI=1S/C19H21F3O/c1-12-6-8-14(9-7-12)23-17-11-10-15-13(2)4-3-5-16(15)18(17)19(20,21)22/h3-5,10-12,14H,6-9H2,1-2H3. The number of hydrogen-bond donors (Lipinski definition) is 0. The van der Waals surface area contributed by atoms with E-state index in [0.29, 0.717) is 11.3 Å². The highest BCUT2D eigenvalue weighted by Gasteiger charge is 2.37. The molecule has 0 atom stereocenters. The molecule has 0 aromatic heterocycles. The van der Waals surface area contributed by atoms with E-state index in [1.807, 2.05) is 13.0 Å². The molecule has 0 saturated heterocycles. The van der Waals surface area contributed by atoms with Gasteiger partial charge in [-0.25, -0.2) is 0 Å². The Balaban J connectivity index is 2.03. The van der Waals surface area contributed by atoms with Gasteiger partial charge in [0.15, 0.2) is 0 Å². The first kappa shape index (κ1) is 16.2. The average molecular weight is 322 g/mol. The molecule has 23 heavy (non-hydrogen) atoms. The van der Waals surface area contributed by atoms with Crippen molar-refractivity contribution in [3.63, 3.8) is 0 Å². The minimum Gasteiger partial charge on any atom is -0.490 e. The van der Waals surface area contributed by atoms with Crippen LogP contribution >= 0.6 is 0 Å². The smallest absolute Gasteiger partial charge is 0.420 e. The maximum atomic E-state index is 13.6. The molecule has 124 valence electrons. The van der Waals surface area contributed by atoms with E-state index >= 15 is 0 Å². The first-order valence-corrected chi connectivity index (χ1v) is 8.12. The SMILES string of the molecule is Cc1cccc2c(C(F)(F)F)c(OC3CCC(C)CC3)ccc12. The van der Waals surface area contributed by atoms with E-state index < -0.39 is 11.7 Å². The van der Waals surface area contributed by atoms with Crippen LogP contribution in [0.4, 0.5) is 13.2 Å². The third-order valence-corrected chi connectivity index (χ3v) is 4.78. The number of ether oxygens (including phenoxy) is 1. The predicted molar refractivity (Wildman–Crippen MR) is 85.7 cm³/mol. The largest absolute Gasteiger partial charge is 0.490 e. The fourth-order valence-electron chi connectivity index (χ4n) is 3.41. The summed E-state index contributed by atoms with van der Waals surface area (Å²) in [6.07, 6.45) is -0.869. The summed E-state index contributed by atoms with van der Waals surface area (Å²) in [7, 11) is 0. The second-order valence-electron chi connectivity index (χ2n) is 6.61. The zero-order valence-corrected chi connectivity index (χ0v) is 13.4. The maximum absolute atomic E-state index is 13.6. The molecule has 0 spiro atoms. The fraction of sp³-hybridized carbons (Fsp3) is 0.474. The summed E-state index contributed by atoms with van der Waals surface area (Å²) in [4.78, 5) is 0. The maximum Gasteiger partial charge on any atom is 0.420 e. The van der Waals surface area contributed by atoms with Crippen LogP contribution in [0.1, 0.15) is 43.7 Å². The Morgan fingerprint density at radius 1 is 0.957 bits per heavy atom. The van der Waals surface area contributed by atoms with E-state index in [1.54, 1.807) is 12.1 Å². The highest BCUT2D eigenvalue weighted by molar-refractivity contribution is 5.90. The van der Waals surface area contributed by atoms with E-state index in [1.165, 1.54) is 12.1 Å². The molecule has 3 rings (SSSR count). The molecular weight excluding hydrogens is 301 g/mol. The summed E-state index contributed by atoms with van der Waals surface area (Å²) in [5.74, 6) is 0.603. The zero-order valence-electron chi connectivity index (χ0n) is 13.4. The third kappa shape index (κ3) is 3.31. The number of alkyl halides is 3. The van der Waals surface area contributed by atoms with Gasteiger partial charge >= 0.3 is 6.18 Å². The minimum absolute atomic E-state index is 0.0323. The topological polar surface area (TPSA) is 9.23 Å². The van der Waals surface area contributed by atoms with Crippen molar-refractivity contribution in [2.45, 2.75) is 51.8 Å². The summed E-state index contributed by atoms with van der Waals surface area (Å²) in [5.41, 5.74) is 0.198. The highest BCUT2D eigenvalue weighted by atomic mass is 19.4. The molecule has 1 aliphatic carbocycles. The number of halogens is 3. The number of aryl methyl sites for hydroxylation is 1. The van der Waals surface area contributed by atoms with Gasteiger partial charge in [-0.3, -0.25) is 0 Å². The average Bonchev–Trinajstić information content (AvgIpc) is 2.48. The van der Waals surface area contributed by atoms with E-state index in [-0.39, 0.29) is 17.2 Å². The van der Waals surface area contributed by atoms with Gasteiger partial charge in [0, 0.05) is 0 Å². The highest BCUT2D eigenvalue weighted by Crippen LogP contribution is 2.43. The van der Waals surface area contributed by atoms with Crippen molar-refractivity contribution < 1.29 is 17.9 Å². The number of rotatable bonds is 2. The molecule has 1 aliphatic rings. The first-order chi connectivity index (χ1) is 10.9. The van der Waals surface area contributed by atoms with E-state index in [0.717, 1.165) is 31.2 Å². The normalized spacial score (nSPS) is 22.3. The van der Waals surface area contributed by atoms with Crippen molar-refractivity contribution in [2.24, 2.45) is 5.92 Å². The van der Waals surface area contributed by atoms with Gasteiger partial charge in [-0.15, -0.1) is 0 Å². The molecule has 4 heteroatoms. The van der Waals surface area contributed by atoms with Gasteiger partial charge in [0.25, 0.3) is 0 Å². The molecular formula is C19H21F3O. The van der Waals surface area contributed by atoms with Crippen LogP contribution in [0, 0.1) is 12.8 Å². The number of benzene rings is 2. The van der Waals surface area contributed by atoms with Crippen molar-refractivity contribution in [1.82, 2.24) is 0 Å². The molecule has 1 nitrogen and oxygen atoms in total. The predicted octanol–water partition coefficient (Wildman–Crippen LogP) is 6.12. The Morgan fingerprint density at radius 3 is 2.30 bits per heavy atom. The molecule has 0 unspecified atom stereocenters. The van der Waals surface area contributed by atoms with Gasteiger partial charge in [-0.1, -0.05) is 31.2 Å². The Labute approximate surface area is 134 Å². The molecule has 2 aromatic rings. The number of hydrogen-bond acceptors (Lipinski definition) is 1. The summed E-state index contributed by atoms with van der Waals surface area (Å²) < 4.78 is 46.7. The van der Waals surface area contributed by atoms with Crippen molar-refractivity contribution in [3.8, 4) is 5.75 Å². The van der Waals surface area contributed by atoms with Gasteiger partial charge in [0.1, 0.15) is 11.3 Å². The van der Waals surface area contributed by atoms with E-state index in [4.69, 9.17) is 4.74 Å². The van der Waals surface area contributed by atoms with Crippen LogP contribution in [-0.2, 0) is 6.18 Å². The molecule has 1 fully saturated rings. The Bertz CT molecular complexity index is 698. The van der Waals surface area contributed by atoms with Gasteiger partial charge in [0.05, 0.1) is 6.10 Å². The van der Waals surface area contributed by atoms with Crippen molar-refractivity contribution in [2.75, 3.05) is 0 Å². The fourth-order valence-corrected chi connectivity index (χ4v) is 3.41. The van der Waals surface area contributed by atoms with Gasteiger partial charge in [0.2, 0.25) is 0 Å². The minimum atomic E-state index is -4.43. The molecule has 2 aromatic carbocycles. The Hall–Kier alpha value is -1.71. The molecule has 0 heterocycles. The van der Waals surface area contributed by atoms with Crippen LogP contribution < -0.4 is 4.74 Å². The monoisotopic (exact) mass is 322 g/mol. The van der Waals surface area contributed by atoms with Gasteiger partial charge in [-0.05, 0) is 60.9 Å². The molecule has 1 saturated carbocycles. The quantitative estimate of drug-likeness (QED) is 0.647. The Kier molecular flexibility index (Phi) is 4.26. The van der Waals surface area contributed by atoms with Crippen LogP contribution in [0.25, 0.3) is 10.8 Å². The third-order valence-electron chi connectivity index (χ3n) is 4.78. The summed E-state index contributed by atoms with van der Waals surface area (Å²) in [5, 5.41) is 0.851. The van der Waals surface area contributed by atoms with Crippen LogP contribution in [-0.4, -0.2) is 6.10 Å². The molecule has 0 bridgehead atoms. The van der Waals surface area contributed by atoms with Crippen molar-refractivity contribution in [1.29, 1.82) is 0 Å². The Morgan fingerprint density at radius 2 is 1.65 bits per heavy atom. The second-order valence-corrected chi connectivity index (χ2v) is 6.61. The first-order valence-electron chi connectivity index (χ1n) is 8.12. The second kappa shape index (κ2) is 6.06. The summed E-state index contributed by atoms with van der Waals surface area (Å²) in [6.45, 7) is 4.00. The molecule has 0 aliphatic heterocycles. The lowest BCUT2D eigenvalue weighted by molar-refractivity contribution is -0.138. The van der Waals surface area contributed by atoms with Crippen LogP contribution in [0.5, 0.6) is 5.75 Å². The lowest BCUT2D eigenvalue weighted by atomic mass is 9.89. The van der Waals surface area contributed by atoms with Crippen LogP contribution in [0.15, 0.2) is 30.3 Å². The van der Waals surface area contributed by atoms with E-state index in [2.05, 4.69) is 6.92 Å². The van der Waals surface area contributed by atoms with Crippen molar-refractivity contribution >= 4 is 10.8 Å². The van der Waals surface area contributed by atoms with Gasteiger partial charge in [-0.2, -0.15) is 13.2 Å². The van der Waals surface area contributed by atoms with Crippen molar-refractivity contribution in [3.05, 3.63) is 41.5 Å². The summed E-state index contributed by atoms with van der Waals surface area (Å²) >= 11 is 0. The number of fused-ring (bicyclic) bond motifs is 1. The van der Waals surface area contributed by atoms with E-state index in [9.17, 15) is 13.2 Å². The van der Waals surface area contributed by atoms with Crippen LogP contribution in [0.3, 0.4) is 0 Å².